The number of nitrogens with one attached hydrogen (secondary N) is 2. The van der Waals surface area contributed by atoms with Gasteiger partial charge < -0.3 is 29.8 Å². The third kappa shape index (κ3) is 5.42. The van der Waals surface area contributed by atoms with Gasteiger partial charge in [0.25, 0.3) is 11.8 Å². The first-order valence-electron chi connectivity index (χ1n) is 10.1. The van der Waals surface area contributed by atoms with E-state index in [4.69, 9.17) is 14.6 Å². The zero-order valence-corrected chi connectivity index (χ0v) is 21.0. The maximum absolute atomic E-state index is 12.9. The minimum absolute atomic E-state index is 0.0484. The maximum atomic E-state index is 12.9. The number of pyridine rings is 1. The van der Waals surface area contributed by atoms with Crippen LogP contribution in [-0.2, 0) is 30.3 Å². The van der Waals surface area contributed by atoms with Crippen molar-refractivity contribution in [3.05, 3.63) is 52.9 Å². The summed E-state index contributed by atoms with van der Waals surface area (Å²) in [5.74, 6) is -2.66. The van der Waals surface area contributed by atoms with Crippen LogP contribution in [0.15, 0.2) is 52.4 Å². The van der Waals surface area contributed by atoms with Gasteiger partial charge in [-0.1, -0.05) is 11.2 Å². The molecule has 0 aromatic carbocycles. The van der Waals surface area contributed by atoms with Gasteiger partial charge in [0.2, 0.25) is 0 Å². The fourth-order valence-corrected chi connectivity index (χ4v) is 6.36. The number of carbonyl (C=O) groups excluding carboxylic acids is 3. The van der Waals surface area contributed by atoms with E-state index in [1.165, 1.54) is 24.3 Å². The molecule has 0 aliphatic carbocycles. The summed E-state index contributed by atoms with van der Waals surface area (Å²) in [6.07, 6.45) is 3.54. The van der Waals surface area contributed by atoms with Gasteiger partial charge in [0.15, 0.2) is 29.8 Å². The van der Waals surface area contributed by atoms with Gasteiger partial charge in [-0.15, -0.1) is 23.1 Å². The van der Waals surface area contributed by atoms with Crippen molar-refractivity contribution in [2.24, 2.45) is 5.16 Å². The quantitative estimate of drug-likeness (QED) is 0.0915. The Morgan fingerprint density at radius 1 is 1.36 bits per heavy atom. The zero-order valence-electron chi connectivity index (χ0n) is 18.4. The predicted octanol–water partition coefficient (Wildman–Crippen LogP) is -1.61. The standard InChI is InChI=1S/C19H19N6O8PS2/c1-33-22-12(11-9-36-19(20-11)23-34(30,31)32)15(26)21-13-16(27)25-14(18(28)29)10(8-35-17(13)25)7-24-5-3-2-4-6-24/h2-6,9,13,17H,7-8H2,1H3,(H4-,20,21,23,26,28,29,30,31,32)/t13?,17-/m0/s1. The molecular weight excluding hydrogens is 535 g/mol. The molecule has 2 aromatic rings. The number of hydrogen-bond acceptors (Lipinski definition) is 10. The molecule has 0 radical (unpaired) electrons. The molecule has 0 bridgehead atoms. The number of carboxylic acids is 1. The summed E-state index contributed by atoms with van der Waals surface area (Å²) in [5, 5.41) is 20.5. The molecule has 1 saturated heterocycles. The van der Waals surface area contributed by atoms with Crippen molar-refractivity contribution in [3.63, 3.8) is 0 Å². The lowest BCUT2D eigenvalue weighted by atomic mass is 10.0. The Kier molecular flexibility index (Phi) is 7.42. The van der Waals surface area contributed by atoms with Crippen LogP contribution in [-0.4, -0.2) is 67.4 Å². The molecule has 1 fully saturated rings. The molecule has 2 amide bonds. The Morgan fingerprint density at radius 3 is 2.72 bits per heavy atom. The summed E-state index contributed by atoms with van der Waals surface area (Å²) in [6, 6.07) is 4.37. The average molecular weight is 555 g/mol. The fourth-order valence-electron chi connectivity index (χ4n) is 3.62. The number of carbonyl (C=O) groups is 3. The molecule has 4 heterocycles. The van der Waals surface area contributed by atoms with Gasteiger partial charge in [-0.05, 0) is 0 Å². The van der Waals surface area contributed by atoms with E-state index in [-0.39, 0.29) is 28.8 Å². The number of anilines is 1. The van der Waals surface area contributed by atoms with Crippen LogP contribution in [0.4, 0.5) is 5.13 Å². The summed E-state index contributed by atoms with van der Waals surface area (Å²) < 4.78 is 12.9. The number of amides is 2. The number of thioether (sulfide) groups is 1. The Bertz CT molecular complexity index is 1310. The van der Waals surface area contributed by atoms with Crippen LogP contribution in [0.5, 0.6) is 0 Å². The zero-order chi connectivity index (χ0) is 26.0. The van der Waals surface area contributed by atoms with E-state index >= 15 is 0 Å². The van der Waals surface area contributed by atoms with Crippen molar-refractivity contribution >= 4 is 59.5 Å². The van der Waals surface area contributed by atoms with Gasteiger partial charge >= 0.3 is 7.75 Å². The lowest BCUT2D eigenvalue weighted by Crippen LogP contribution is -2.71. The molecule has 2 aliphatic heterocycles. The van der Waals surface area contributed by atoms with Crippen LogP contribution in [0.25, 0.3) is 0 Å². The smallest absolute Gasteiger partial charge is 0.429 e. The molecule has 1 unspecified atom stereocenters. The second-order valence-electron chi connectivity index (χ2n) is 7.46. The summed E-state index contributed by atoms with van der Waals surface area (Å²) in [5.41, 5.74) is -0.104. The maximum Gasteiger partial charge on any atom is 0.429 e. The molecule has 17 heteroatoms. The molecule has 4 rings (SSSR count). The molecule has 2 atom stereocenters. The summed E-state index contributed by atoms with van der Waals surface area (Å²) >= 11 is 2.11. The van der Waals surface area contributed by atoms with Gasteiger partial charge in [-0.25, -0.2) is 14.1 Å². The van der Waals surface area contributed by atoms with Crippen molar-refractivity contribution in [3.8, 4) is 0 Å². The Morgan fingerprint density at radius 2 is 2.08 bits per heavy atom. The molecule has 4 N–H and O–H groups in total. The molecule has 0 saturated carbocycles. The number of hydrogen-bond donors (Lipinski definition) is 4. The average Bonchev–Trinajstić information content (AvgIpc) is 3.27. The van der Waals surface area contributed by atoms with Gasteiger partial charge in [0, 0.05) is 28.8 Å². The number of fused-ring (bicyclic) bond motifs is 1. The number of carboxylic acid groups (broad SMARTS) is 1. The first-order chi connectivity index (χ1) is 17.1. The molecule has 0 spiro atoms. The normalized spacial score (nSPS) is 19.9. The fraction of sp³-hybridized carbons (Fsp3) is 0.263. The highest BCUT2D eigenvalue weighted by atomic mass is 32.2. The molecule has 2 aromatic heterocycles. The van der Waals surface area contributed by atoms with Crippen molar-refractivity contribution in [2.75, 3.05) is 17.9 Å². The monoisotopic (exact) mass is 554 g/mol. The Balaban J connectivity index is 1.51. The molecule has 14 nitrogen and oxygen atoms in total. The topological polar surface area (TPSA) is 197 Å². The first kappa shape index (κ1) is 25.8. The van der Waals surface area contributed by atoms with E-state index in [0.717, 1.165) is 16.2 Å². The minimum atomic E-state index is -4.61. The summed E-state index contributed by atoms with van der Waals surface area (Å²) in [7, 11) is -3.43. The minimum Gasteiger partial charge on any atom is -0.543 e. The summed E-state index contributed by atoms with van der Waals surface area (Å²) in [4.78, 5) is 65.5. The third-order valence-electron chi connectivity index (χ3n) is 5.06. The van der Waals surface area contributed by atoms with Crippen molar-refractivity contribution < 1.29 is 43.2 Å². The van der Waals surface area contributed by atoms with E-state index in [0.29, 0.717) is 11.3 Å². The lowest BCUT2D eigenvalue weighted by Gasteiger charge is -2.50. The van der Waals surface area contributed by atoms with Crippen molar-refractivity contribution in [1.29, 1.82) is 0 Å². The van der Waals surface area contributed by atoms with Crippen molar-refractivity contribution in [2.45, 2.75) is 18.0 Å². The van der Waals surface area contributed by atoms with E-state index in [1.54, 1.807) is 29.1 Å². The Hall–Kier alpha value is -3.30. The summed E-state index contributed by atoms with van der Waals surface area (Å²) in [6.45, 7) is 0.254. The highest BCUT2D eigenvalue weighted by Gasteiger charge is 2.53. The predicted molar refractivity (Wildman–Crippen MR) is 125 cm³/mol. The second kappa shape index (κ2) is 10.4. The van der Waals surface area contributed by atoms with Gasteiger partial charge in [-0.3, -0.25) is 19.6 Å². The molecule has 190 valence electrons. The molecule has 2 aliphatic rings. The lowest BCUT2D eigenvalue weighted by molar-refractivity contribution is -0.689. The number of oxime groups is 1. The number of aromatic nitrogens is 2. The van der Waals surface area contributed by atoms with Crippen LogP contribution >= 0.6 is 30.8 Å². The van der Waals surface area contributed by atoms with E-state index < -0.39 is 36.9 Å². The largest absolute Gasteiger partial charge is 0.543 e. The Labute approximate surface area is 211 Å². The molecular formula is C19H19N6O8PS2. The van der Waals surface area contributed by atoms with Crippen LogP contribution in [0.3, 0.4) is 0 Å². The number of aliphatic carboxylic acids is 1. The van der Waals surface area contributed by atoms with Crippen LogP contribution < -0.4 is 20.1 Å². The van der Waals surface area contributed by atoms with Crippen LogP contribution in [0.1, 0.15) is 5.69 Å². The highest BCUT2D eigenvalue weighted by molar-refractivity contribution is 8.00. The number of nitrogens with zero attached hydrogens (tertiary/aromatic N) is 4. The molecule has 36 heavy (non-hydrogen) atoms. The van der Waals surface area contributed by atoms with E-state index in [1.807, 2.05) is 11.2 Å². The van der Waals surface area contributed by atoms with Gasteiger partial charge in [0.05, 0.1) is 11.7 Å². The number of rotatable bonds is 9. The highest BCUT2D eigenvalue weighted by Crippen LogP contribution is 2.40. The number of β-lactam (4-membered cyclic amide) rings is 1. The van der Waals surface area contributed by atoms with Gasteiger partial charge in [0.1, 0.15) is 24.2 Å². The van der Waals surface area contributed by atoms with Crippen molar-refractivity contribution in [1.82, 2.24) is 15.2 Å². The number of thiazole rings is 1. The van der Waals surface area contributed by atoms with Crippen LogP contribution in [0, 0.1) is 0 Å². The first-order valence-corrected chi connectivity index (χ1v) is 13.7. The van der Waals surface area contributed by atoms with Gasteiger partial charge in [-0.2, -0.15) is 0 Å². The third-order valence-corrected chi connectivity index (χ3v) is 7.82. The van der Waals surface area contributed by atoms with E-state index in [2.05, 4.69) is 15.5 Å². The second-order valence-corrected chi connectivity index (χ2v) is 10.7. The van der Waals surface area contributed by atoms with E-state index in [9.17, 15) is 24.1 Å². The van der Waals surface area contributed by atoms with Crippen LogP contribution in [0.2, 0.25) is 0 Å². The SMILES string of the molecule is CON=C(C(=O)NC1C(=O)N2C(C(=O)[O-])=C(C[n+]3ccccc3)CS[C@@H]12)c1csc(NP(=O)(O)O)n1.